The van der Waals surface area contributed by atoms with Crippen molar-refractivity contribution in [1.82, 2.24) is 15.2 Å². The molecule has 1 unspecified atom stereocenters. The van der Waals surface area contributed by atoms with E-state index in [4.69, 9.17) is 0 Å². The van der Waals surface area contributed by atoms with Gasteiger partial charge in [-0.3, -0.25) is 0 Å². The van der Waals surface area contributed by atoms with E-state index >= 15 is 0 Å². The zero-order valence-electron chi connectivity index (χ0n) is 16.2. The standard InChI is InChI=1S/C23H25N3O3/c27-22(28)21(14-18-15-24-20-9-5-4-8-19(18)20)25-23(29)26-12-10-17(11-13-26)16-6-2-1-3-7-16/h1-9,15,17,21,24H,10-14H2,(H,25,29)(H,27,28). The van der Waals surface area contributed by atoms with Crippen molar-refractivity contribution in [3.8, 4) is 0 Å². The predicted molar refractivity (Wildman–Crippen MR) is 112 cm³/mol. The zero-order chi connectivity index (χ0) is 20.2. The molecule has 0 spiro atoms. The van der Waals surface area contributed by atoms with Crippen LogP contribution in [0, 0.1) is 0 Å². The van der Waals surface area contributed by atoms with Crippen LogP contribution in [0.3, 0.4) is 0 Å². The quantitative estimate of drug-likeness (QED) is 0.619. The number of para-hydroxylation sites is 1. The van der Waals surface area contributed by atoms with Crippen LogP contribution in [0.2, 0.25) is 0 Å². The lowest BCUT2D eigenvalue weighted by Gasteiger charge is -2.33. The lowest BCUT2D eigenvalue weighted by molar-refractivity contribution is -0.139. The van der Waals surface area contributed by atoms with Crippen molar-refractivity contribution >= 4 is 22.9 Å². The van der Waals surface area contributed by atoms with E-state index in [1.165, 1.54) is 5.56 Å². The first kappa shape index (κ1) is 19.1. The predicted octanol–water partition coefficient (Wildman–Crippen LogP) is 3.75. The summed E-state index contributed by atoms with van der Waals surface area (Å²) in [7, 11) is 0. The highest BCUT2D eigenvalue weighted by Gasteiger charge is 2.28. The fourth-order valence-corrected chi connectivity index (χ4v) is 4.10. The molecule has 4 rings (SSSR count). The Hall–Kier alpha value is -3.28. The molecule has 1 atom stereocenters. The van der Waals surface area contributed by atoms with Gasteiger partial charge in [0.15, 0.2) is 0 Å². The minimum atomic E-state index is -1.03. The molecule has 0 saturated carbocycles. The van der Waals surface area contributed by atoms with Crippen LogP contribution in [0.5, 0.6) is 0 Å². The largest absolute Gasteiger partial charge is 0.480 e. The van der Waals surface area contributed by atoms with E-state index in [0.29, 0.717) is 19.0 Å². The number of rotatable bonds is 5. The molecule has 1 saturated heterocycles. The molecule has 0 radical (unpaired) electrons. The topological polar surface area (TPSA) is 85.4 Å². The number of nitrogens with zero attached hydrogens (tertiary/aromatic N) is 1. The molecule has 3 aromatic rings. The average molecular weight is 391 g/mol. The number of hydrogen-bond donors (Lipinski definition) is 3. The summed E-state index contributed by atoms with van der Waals surface area (Å²) in [5.41, 5.74) is 3.15. The van der Waals surface area contributed by atoms with Gasteiger partial charge in [0.25, 0.3) is 0 Å². The summed E-state index contributed by atoms with van der Waals surface area (Å²) in [4.78, 5) is 29.3. The van der Waals surface area contributed by atoms with Crippen molar-refractivity contribution < 1.29 is 14.7 Å². The van der Waals surface area contributed by atoms with Gasteiger partial charge >= 0.3 is 12.0 Å². The van der Waals surface area contributed by atoms with Crippen molar-refractivity contribution in [2.24, 2.45) is 0 Å². The normalized spacial score (nSPS) is 15.9. The van der Waals surface area contributed by atoms with E-state index in [1.54, 1.807) is 4.90 Å². The first-order valence-corrected chi connectivity index (χ1v) is 10.00. The van der Waals surface area contributed by atoms with Crippen molar-refractivity contribution in [3.63, 3.8) is 0 Å². The van der Waals surface area contributed by atoms with Gasteiger partial charge in [-0.1, -0.05) is 48.5 Å². The Morgan fingerprint density at radius 3 is 2.48 bits per heavy atom. The smallest absolute Gasteiger partial charge is 0.326 e. The fourth-order valence-electron chi connectivity index (χ4n) is 4.10. The summed E-state index contributed by atoms with van der Waals surface area (Å²) in [6.45, 7) is 1.26. The molecular weight excluding hydrogens is 366 g/mol. The second-order valence-corrected chi connectivity index (χ2v) is 7.58. The van der Waals surface area contributed by atoms with Crippen molar-refractivity contribution in [2.75, 3.05) is 13.1 Å². The molecule has 1 aliphatic heterocycles. The van der Waals surface area contributed by atoms with E-state index < -0.39 is 12.0 Å². The maximum atomic E-state index is 12.7. The van der Waals surface area contributed by atoms with E-state index in [2.05, 4.69) is 22.4 Å². The van der Waals surface area contributed by atoms with Crippen LogP contribution >= 0.6 is 0 Å². The number of fused-ring (bicyclic) bond motifs is 1. The molecule has 3 N–H and O–H groups in total. The number of carboxylic acid groups (broad SMARTS) is 1. The lowest BCUT2D eigenvalue weighted by atomic mass is 9.89. The zero-order valence-corrected chi connectivity index (χ0v) is 16.2. The Labute approximate surface area is 169 Å². The van der Waals surface area contributed by atoms with Gasteiger partial charge < -0.3 is 20.3 Å². The van der Waals surface area contributed by atoms with E-state index in [0.717, 1.165) is 29.3 Å². The van der Waals surface area contributed by atoms with Crippen LogP contribution in [0.4, 0.5) is 4.79 Å². The maximum absolute atomic E-state index is 12.7. The number of amides is 2. The van der Waals surface area contributed by atoms with Gasteiger partial charge in [-0.05, 0) is 36.0 Å². The number of nitrogens with one attached hydrogen (secondary N) is 2. The Morgan fingerprint density at radius 2 is 1.76 bits per heavy atom. The van der Waals surface area contributed by atoms with Crippen LogP contribution < -0.4 is 5.32 Å². The Morgan fingerprint density at radius 1 is 1.07 bits per heavy atom. The monoisotopic (exact) mass is 391 g/mol. The van der Waals surface area contributed by atoms with Crippen molar-refractivity contribution in [1.29, 1.82) is 0 Å². The number of piperidine rings is 1. The Kier molecular flexibility index (Phi) is 5.51. The molecular formula is C23H25N3O3. The second-order valence-electron chi connectivity index (χ2n) is 7.58. The molecule has 2 heterocycles. The highest BCUT2D eigenvalue weighted by molar-refractivity contribution is 5.86. The summed E-state index contributed by atoms with van der Waals surface area (Å²) in [5.74, 6) is -0.579. The van der Waals surface area contributed by atoms with Gasteiger partial charge in [-0.2, -0.15) is 0 Å². The van der Waals surface area contributed by atoms with Crippen LogP contribution in [0.15, 0.2) is 60.8 Å². The van der Waals surface area contributed by atoms with Gasteiger partial charge in [0.2, 0.25) is 0 Å². The number of hydrogen-bond acceptors (Lipinski definition) is 2. The van der Waals surface area contributed by atoms with Crippen LogP contribution in [-0.2, 0) is 11.2 Å². The molecule has 1 aliphatic rings. The number of carbonyl (C=O) groups excluding carboxylic acids is 1. The third-order valence-corrected chi connectivity index (χ3v) is 5.75. The highest BCUT2D eigenvalue weighted by atomic mass is 16.4. The molecule has 2 amide bonds. The summed E-state index contributed by atoms with van der Waals surface area (Å²) >= 11 is 0. The molecule has 150 valence electrons. The fraction of sp³-hybridized carbons (Fsp3) is 0.304. The first-order valence-electron chi connectivity index (χ1n) is 10.00. The molecule has 0 aliphatic carbocycles. The number of urea groups is 1. The molecule has 2 aromatic carbocycles. The molecule has 1 aromatic heterocycles. The number of carboxylic acids is 1. The number of aromatic nitrogens is 1. The second kappa shape index (κ2) is 8.39. The van der Waals surface area contributed by atoms with Crippen LogP contribution in [0.1, 0.15) is 29.9 Å². The molecule has 6 nitrogen and oxygen atoms in total. The number of aliphatic carboxylic acids is 1. The Bertz CT molecular complexity index is 991. The van der Waals surface area contributed by atoms with Crippen molar-refractivity contribution in [2.45, 2.75) is 31.2 Å². The third-order valence-electron chi connectivity index (χ3n) is 5.75. The van der Waals surface area contributed by atoms with Gasteiger partial charge in [0.05, 0.1) is 0 Å². The Balaban J connectivity index is 1.37. The SMILES string of the molecule is O=C(O)C(Cc1c[nH]c2ccccc12)NC(=O)N1CCC(c2ccccc2)CC1. The number of benzene rings is 2. The average Bonchev–Trinajstić information content (AvgIpc) is 3.17. The molecule has 1 fully saturated rings. The first-order chi connectivity index (χ1) is 14.1. The summed E-state index contributed by atoms with van der Waals surface area (Å²) in [6, 6.07) is 16.8. The van der Waals surface area contributed by atoms with Gasteiger partial charge in [0, 0.05) is 36.6 Å². The van der Waals surface area contributed by atoms with Crippen LogP contribution in [-0.4, -0.2) is 46.1 Å². The summed E-state index contributed by atoms with van der Waals surface area (Å²) in [6.07, 6.45) is 3.83. The van der Waals surface area contributed by atoms with Crippen molar-refractivity contribution in [3.05, 3.63) is 71.9 Å². The maximum Gasteiger partial charge on any atom is 0.326 e. The van der Waals surface area contributed by atoms with Gasteiger partial charge in [-0.15, -0.1) is 0 Å². The summed E-state index contributed by atoms with van der Waals surface area (Å²) < 4.78 is 0. The summed E-state index contributed by atoms with van der Waals surface area (Å²) in [5, 5.41) is 13.3. The minimum absolute atomic E-state index is 0.242. The van der Waals surface area contributed by atoms with E-state index in [-0.39, 0.29) is 12.5 Å². The van der Waals surface area contributed by atoms with E-state index in [1.807, 2.05) is 48.7 Å². The van der Waals surface area contributed by atoms with E-state index in [9.17, 15) is 14.7 Å². The number of carbonyl (C=O) groups is 2. The third kappa shape index (κ3) is 4.26. The number of likely N-dealkylation sites (tertiary alicyclic amines) is 1. The van der Waals surface area contributed by atoms with Gasteiger partial charge in [-0.25, -0.2) is 9.59 Å². The number of H-pyrrole nitrogens is 1. The highest BCUT2D eigenvalue weighted by Crippen LogP contribution is 2.27. The number of aromatic amines is 1. The lowest BCUT2D eigenvalue weighted by Crippen LogP contribution is -2.50. The molecule has 29 heavy (non-hydrogen) atoms. The minimum Gasteiger partial charge on any atom is -0.480 e. The van der Waals surface area contributed by atoms with Crippen LogP contribution in [0.25, 0.3) is 10.9 Å². The molecule has 0 bridgehead atoms. The molecule has 6 heteroatoms. The van der Waals surface area contributed by atoms with Gasteiger partial charge in [0.1, 0.15) is 6.04 Å².